The Morgan fingerprint density at radius 1 is 1.45 bits per heavy atom. The lowest BCUT2D eigenvalue weighted by atomic mass is 10.3. The molecule has 56 valence electrons. The summed E-state index contributed by atoms with van der Waals surface area (Å²) >= 11 is 0. The summed E-state index contributed by atoms with van der Waals surface area (Å²) in [5, 5.41) is 0. The van der Waals surface area contributed by atoms with Crippen molar-refractivity contribution in [1.82, 2.24) is 4.98 Å². The molecule has 0 spiro atoms. The van der Waals surface area contributed by atoms with Crippen molar-refractivity contribution in [3.8, 4) is 17.6 Å². The number of ether oxygens (including phenoxy) is 1. The minimum absolute atomic E-state index is 0.741. The molecule has 2 nitrogen and oxygen atoms in total. The van der Waals surface area contributed by atoms with Crippen LogP contribution in [0.1, 0.15) is 12.5 Å². The van der Waals surface area contributed by atoms with E-state index in [1.807, 2.05) is 6.07 Å². The van der Waals surface area contributed by atoms with Gasteiger partial charge in [-0.2, -0.15) is 0 Å². The van der Waals surface area contributed by atoms with Gasteiger partial charge < -0.3 is 4.74 Å². The Bertz CT molecular complexity index is 296. The maximum atomic E-state index is 4.97. The van der Waals surface area contributed by atoms with Crippen LogP contribution in [0.4, 0.5) is 0 Å². The van der Waals surface area contributed by atoms with Gasteiger partial charge in [0, 0.05) is 11.8 Å². The molecule has 0 unspecified atom stereocenters. The van der Waals surface area contributed by atoms with E-state index in [1.54, 1.807) is 26.4 Å². The summed E-state index contributed by atoms with van der Waals surface area (Å²) < 4.78 is 4.97. The van der Waals surface area contributed by atoms with Gasteiger partial charge in [0.2, 0.25) is 0 Å². The SMILES string of the molecule is CC#Cc1cncc(OC)c1. The summed E-state index contributed by atoms with van der Waals surface area (Å²) in [4.78, 5) is 3.95. The third-order valence-corrected chi connectivity index (χ3v) is 1.22. The van der Waals surface area contributed by atoms with E-state index in [9.17, 15) is 0 Å². The number of pyridine rings is 1. The van der Waals surface area contributed by atoms with E-state index in [0.29, 0.717) is 0 Å². The lowest BCUT2D eigenvalue weighted by molar-refractivity contribution is 0.413. The highest BCUT2D eigenvalue weighted by atomic mass is 16.5. The molecule has 1 aromatic rings. The summed E-state index contributed by atoms with van der Waals surface area (Å²) in [5.74, 6) is 6.42. The predicted octanol–water partition coefficient (Wildman–Crippen LogP) is 1.46. The highest BCUT2D eigenvalue weighted by Crippen LogP contribution is 2.08. The van der Waals surface area contributed by atoms with Gasteiger partial charge in [0.05, 0.1) is 13.3 Å². The van der Waals surface area contributed by atoms with E-state index in [1.165, 1.54) is 0 Å². The highest BCUT2D eigenvalue weighted by Gasteiger charge is 1.90. The van der Waals surface area contributed by atoms with Crippen LogP contribution in [0.3, 0.4) is 0 Å². The first-order valence-corrected chi connectivity index (χ1v) is 3.28. The molecular weight excluding hydrogens is 138 g/mol. The quantitative estimate of drug-likeness (QED) is 0.561. The summed E-state index contributed by atoms with van der Waals surface area (Å²) in [6.45, 7) is 1.79. The van der Waals surface area contributed by atoms with Gasteiger partial charge in [-0.1, -0.05) is 5.92 Å². The molecule has 0 bridgehead atoms. The fourth-order valence-electron chi connectivity index (χ4n) is 0.743. The van der Waals surface area contributed by atoms with E-state index in [-0.39, 0.29) is 0 Å². The minimum atomic E-state index is 0.741. The largest absolute Gasteiger partial charge is 0.495 e. The molecular formula is C9H9NO. The molecule has 0 aromatic carbocycles. The maximum Gasteiger partial charge on any atom is 0.138 e. The Hall–Kier alpha value is -1.49. The molecule has 2 heteroatoms. The summed E-state index contributed by atoms with van der Waals surface area (Å²) in [7, 11) is 1.61. The molecule has 0 aliphatic heterocycles. The van der Waals surface area contributed by atoms with Gasteiger partial charge in [0.15, 0.2) is 0 Å². The van der Waals surface area contributed by atoms with Crippen LogP contribution in [0.25, 0.3) is 0 Å². The summed E-state index contributed by atoms with van der Waals surface area (Å²) in [6, 6.07) is 1.85. The monoisotopic (exact) mass is 147 g/mol. The van der Waals surface area contributed by atoms with Crippen molar-refractivity contribution in [3.05, 3.63) is 24.0 Å². The smallest absolute Gasteiger partial charge is 0.138 e. The van der Waals surface area contributed by atoms with Gasteiger partial charge in [-0.3, -0.25) is 4.98 Å². The van der Waals surface area contributed by atoms with Crippen LogP contribution in [-0.2, 0) is 0 Å². The lowest BCUT2D eigenvalue weighted by Gasteiger charge is -1.96. The van der Waals surface area contributed by atoms with E-state index in [0.717, 1.165) is 11.3 Å². The molecule has 0 saturated heterocycles. The molecule has 0 radical (unpaired) electrons. The van der Waals surface area contributed by atoms with Crippen LogP contribution in [0.5, 0.6) is 5.75 Å². The molecule has 0 aliphatic rings. The second kappa shape index (κ2) is 3.62. The van der Waals surface area contributed by atoms with Gasteiger partial charge in [-0.05, 0) is 13.0 Å². The number of rotatable bonds is 1. The van der Waals surface area contributed by atoms with Crippen molar-refractivity contribution in [2.24, 2.45) is 0 Å². The van der Waals surface area contributed by atoms with Crippen molar-refractivity contribution in [2.75, 3.05) is 7.11 Å². The molecule has 1 rings (SSSR count). The third-order valence-electron chi connectivity index (χ3n) is 1.22. The third kappa shape index (κ3) is 1.98. The van der Waals surface area contributed by atoms with Gasteiger partial charge in [0.25, 0.3) is 0 Å². The Labute approximate surface area is 66.2 Å². The number of hydrogen-bond donors (Lipinski definition) is 0. The van der Waals surface area contributed by atoms with Crippen LogP contribution >= 0.6 is 0 Å². The van der Waals surface area contributed by atoms with Crippen molar-refractivity contribution >= 4 is 0 Å². The van der Waals surface area contributed by atoms with Gasteiger partial charge in [0.1, 0.15) is 5.75 Å². The first kappa shape index (κ1) is 7.62. The number of nitrogens with zero attached hydrogens (tertiary/aromatic N) is 1. The van der Waals surface area contributed by atoms with Crippen LogP contribution in [-0.4, -0.2) is 12.1 Å². The first-order valence-electron chi connectivity index (χ1n) is 3.28. The zero-order chi connectivity index (χ0) is 8.10. The number of hydrogen-bond acceptors (Lipinski definition) is 2. The Morgan fingerprint density at radius 2 is 2.27 bits per heavy atom. The number of methoxy groups -OCH3 is 1. The molecule has 0 aliphatic carbocycles. The molecule has 0 fully saturated rings. The average Bonchev–Trinajstić information content (AvgIpc) is 2.06. The maximum absolute atomic E-state index is 4.97. The molecule has 1 heterocycles. The average molecular weight is 147 g/mol. The Kier molecular flexibility index (Phi) is 2.51. The van der Waals surface area contributed by atoms with E-state index in [4.69, 9.17) is 4.74 Å². The van der Waals surface area contributed by atoms with E-state index in [2.05, 4.69) is 16.8 Å². The van der Waals surface area contributed by atoms with Crippen molar-refractivity contribution < 1.29 is 4.74 Å². The van der Waals surface area contributed by atoms with Crippen LogP contribution in [0.15, 0.2) is 18.5 Å². The summed E-state index contributed by atoms with van der Waals surface area (Å²) in [5.41, 5.74) is 0.881. The standard InChI is InChI=1S/C9H9NO/c1-3-4-8-5-9(11-2)7-10-6-8/h5-7H,1-2H3. The lowest BCUT2D eigenvalue weighted by Crippen LogP contribution is -1.85. The van der Waals surface area contributed by atoms with Crippen molar-refractivity contribution in [2.45, 2.75) is 6.92 Å². The van der Waals surface area contributed by atoms with Crippen LogP contribution in [0, 0.1) is 11.8 Å². The zero-order valence-corrected chi connectivity index (χ0v) is 6.59. The van der Waals surface area contributed by atoms with E-state index >= 15 is 0 Å². The molecule has 1 aromatic heterocycles. The van der Waals surface area contributed by atoms with Crippen LogP contribution in [0.2, 0.25) is 0 Å². The molecule has 0 atom stereocenters. The van der Waals surface area contributed by atoms with Gasteiger partial charge in [-0.15, -0.1) is 5.92 Å². The normalized spacial score (nSPS) is 8.18. The molecule has 11 heavy (non-hydrogen) atoms. The fourth-order valence-corrected chi connectivity index (χ4v) is 0.743. The first-order chi connectivity index (χ1) is 5.36. The van der Waals surface area contributed by atoms with Gasteiger partial charge in [-0.25, -0.2) is 0 Å². The highest BCUT2D eigenvalue weighted by molar-refractivity contribution is 5.36. The topological polar surface area (TPSA) is 22.1 Å². The Balaban J connectivity index is 2.97. The summed E-state index contributed by atoms with van der Waals surface area (Å²) in [6.07, 6.45) is 3.36. The fraction of sp³-hybridized carbons (Fsp3) is 0.222. The number of aromatic nitrogens is 1. The van der Waals surface area contributed by atoms with Crippen molar-refractivity contribution in [1.29, 1.82) is 0 Å². The minimum Gasteiger partial charge on any atom is -0.495 e. The van der Waals surface area contributed by atoms with Gasteiger partial charge >= 0.3 is 0 Å². The van der Waals surface area contributed by atoms with E-state index < -0.39 is 0 Å². The van der Waals surface area contributed by atoms with Crippen LogP contribution < -0.4 is 4.74 Å². The zero-order valence-electron chi connectivity index (χ0n) is 6.59. The molecule has 0 N–H and O–H groups in total. The predicted molar refractivity (Wildman–Crippen MR) is 43.3 cm³/mol. The molecule has 0 saturated carbocycles. The Morgan fingerprint density at radius 3 is 2.91 bits per heavy atom. The second-order valence-corrected chi connectivity index (χ2v) is 1.99. The van der Waals surface area contributed by atoms with Crippen molar-refractivity contribution in [3.63, 3.8) is 0 Å². The second-order valence-electron chi connectivity index (χ2n) is 1.99. The molecule has 0 amide bonds.